The van der Waals surface area contributed by atoms with E-state index in [2.05, 4.69) is 4.98 Å². The van der Waals surface area contributed by atoms with Gasteiger partial charge in [-0.2, -0.15) is 0 Å². The molecule has 2 aliphatic heterocycles. The van der Waals surface area contributed by atoms with Crippen LogP contribution < -0.4 is 9.47 Å². The molecule has 2 aliphatic rings. The molecule has 2 atom stereocenters. The van der Waals surface area contributed by atoms with E-state index < -0.39 is 23.8 Å². The summed E-state index contributed by atoms with van der Waals surface area (Å²) < 4.78 is 30.6. The number of halogens is 1. The minimum absolute atomic E-state index is 0.0335. The molecular formula is C17H14FNO5. The molecule has 3 heterocycles. The minimum Gasteiger partial charge on any atom is -0.481 e. The predicted molar refractivity (Wildman–Crippen MR) is 80.2 cm³/mol. The molecule has 2 aromatic rings. The number of nitrogens with zero attached hydrogens (tertiary/aromatic N) is 1. The number of carboxylic acids is 1. The van der Waals surface area contributed by atoms with Crippen LogP contribution in [0.2, 0.25) is 0 Å². The monoisotopic (exact) mass is 331 g/mol. The van der Waals surface area contributed by atoms with Gasteiger partial charge < -0.3 is 19.3 Å². The molecule has 0 amide bonds. The zero-order valence-electron chi connectivity index (χ0n) is 12.6. The van der Waals surface area contributed by atoms with E-state index in [0.29, 0.717) is 35.7 Å². The normalized spacial score (nSPS) is 21.9. The number of aliphatic carboxylic acids is 1. The molecule has 1 fully saturated rings. The zero-order valence-corrected chi connectivity index (χ0v) is 12.6. The number of pyridine rings is 1. The zero-order chi connectivity index (χ0) is 16.7. The molecule has 0 unspecified atom stereocenters. The molecule has 0 radical (unpaired) electrons. The van der Waals surface area contributed by atoms with Crippen LogP contribution in [-0.4, -0.2) is 29.5 Å². The summed E-state index contributed by atoms with van der Waals surface area (Å²) in [5.41, 5.74) is 1.35. The molecule has 1 N–H and O–H groups in total. The fourth-order valence-corrected chi connectivity index (χ4v) is 3.14. The van der Waals surface area contributed by atoms with Crippen molar-refractivity contribution in [2.45, 2.75) is 12.5 Å². The third-order valence-electron chi connectivity index (χ3n) is 4.27. The summed E-state index contributed by atoms with van der Waals surface area (Å²) in [5.74, 6) is -1.20. The molecule has 6 nitrogen and oxygen atoms in total. The fourth-order valence-electron chi connectivity index (χ4n) is 3.14. The van der Waals surface area contributed by atoms with Crippen LogP contribution in [0.3, 0.4) is 0 Å². The number of hydrogen-bond acceptors (Lipinski definition) is 5. The van der Waals surface area contributed by atoms with Crippen LogP contribution in [0.4, 0.5) is 4.39 Å². The van der Waals surface area contributed by atoms with Crippen LogP contribution in [-0.2, 0) is 9.53 Å². The Bertz CT molecular complexity index is 810. The third kappa shape index (κ3) is 2.37. The van der Waals surface area contributed by atoms with Gasteiger partial charge in [0.1, 0.15) is 5.82 Å². The van der Waals surface area contributed by atoms with Crippen molar-refractivity contribution in [3.05, 3.63) is 42.0 Å². The molecule has 0 saturated carbocycles. The van der Waals surface area contributed by atoms with Crippen LogP contribution in [0.15, 0.2) is 30.6 Å². The van der Waals surface area contributed by atoms with E-state index in [4.69, 9.17) is 14.2 Å². The number of ether oxygens (including phenoxy) is 3. The first-order chi connectivity index (χ1) is 11.6. The summed E-state index contributed by atoms with van der Waals surface area (Å²) >= 11 is 0. The van der Waals surface area contributed by atoms with Crippen LogP contribution in [0.25, 0.3) is 11.1 Å². The maximum atomic E-state index is 14.4. The van der Waals surface area contributed by atoms with E-state index in [-0.39, 0.29) is 12.4 Å². The van der Waals surface area contributed by atoms with Crippen molar-refractivity contribution in [1.29, 1.82) is 0 Å². The number of fused-ring (bicyclic) bond motifs is 1. The fraction of sp³-hybridized carbons (Fsp3) is 0.294. The maximum Gasteiger partial charge on any atom is 0.309 e. The lowest BCUT2D eigenvalue weighted by Crippen LogP contribution is -2.17. The van der Waals surface area contributed by atoms with Crippen molar-refractivity contribution in [2.75, 3.05) is 13.4 Å². The van der Waals surface area contributed by atoms with Gasteiger partial charge in [-0.05, 0) is 24.6 Å². The lowest BCUT2D eigenvalue weighted by Gasteiger charge is -2.16. The highest BCUT2D eigenvalue weighted by molar-refractivity contribution is 5.75. The van der Waals surface area contributed by atoms with E-state index >= 15 is 0 Å². The second-order valence-corrected chi connectivity index (χ2v) is 5.69. The van der Waals surface area contributed by atoms with Crippen molar-refractivity contribution >= 4 is 5.97 Å². The highest BCUT2D eigenvalue weighted by Gasteiger charge is 2.35. The minimum atomic E-state index is -0.911. The van der Waals surface area contributed by atoms with Crippen molar-refractivity contribution in [2.24, 2.45) is 5.92 Å². The Morgan fingerprint density at radius 2 is 2.17 bits per heavy atom. The Morgan fingerprint density at radius 1 is 1.29 bits per heavy atom. The third-order valence-corrected chi connectivity index (χ3v) is 4.27. The number of benzene rings is 1. The van der Waals surface area contributed by atoms with Gasteiger partial charge in [-0.3, -0.25) is 9.78 Å². The number of aromatic nitrogens is 1. The molecule has 7 heteroatoms. The second kappa shape index (κ2) is 5.76. The van der Waals surface area contributed by atoms with Gasteiger partial charge in [0, 0.05) is 30.1 Å². The van der Waals surface area contributed by atoms with Gasteiger partial charge in [0.15, 0.2) is 11.5 Å². The molecule has 1 aromatic carbocycles. The van der Waals surface area contributed by atoms with Crippen molar-refractivity contribution < 1.29 is 28.5 Å². The Kier molecular flexibility index (Phi) is 3.57. The number of rotatable bonds is 3. The Balaban J connectivity index is 1.77. The van der Waals surface area contributed by atoms with Gasteiger partial charge in [-0.25, -0.2) is 4.39 Å². The maximum absolute atomic E-state index is 14.4. The highest BCUT2D eigenvalue weighted by atomic mass is 19.1. The topological polar surface area (TPSA) is 77.9 Å². The molecule has 124 valence electrons. The van der Waals surface area contributed by atoms with Crippen LogP contribution in [0, 0.1) is 11.7 Å². The lowest BCUT2D eigenvalue weighted by molar-refractivity contribution is -0.143. The first-order valence-corrected chi connectivity index (χ1v) is 7.53. The Labute approximate surface area is 136 Å². The molecule has 0 aliphatic carbocycles. The summed E-state index contributed by atoms with van der Waals surface area (Å²) in [4.78, 5) is 15.5. The van der Waals surface area contributed by atoms with E-state index in [1.165, 1.54) is 18.3 Å². The SMILES string of the molecule is O=C(O)[C@@H]1CCO[C@H]1c1cncc(-c2c(F)ccc3c2OCO3)c1. The molecule has 1 aromatic heterocycles. The van der Waals surface area contributed by atoms with Gasteiger partial charge in [0.25, 0.3) is 0 Å². The highest BCUT2D eigenvalue weighted by Crippen LogP contribution is 2.44. The van der Waals surface area contributed by atoms with Gasteiger partial charge >= 0.3 is 5.97 Å². The van der Waals surface area contributed by atoms with E-state index in [9.17, 15) is 14.3 Å². The summed E-state index contributed by atoms with van der Waals surface area (Å²) in [6.07, 6.45) is 2.91. The summed E-state index contributed by atoms with van der Waals surface area (Å²) in [5, 5.41) is 9.31. The van der Waals surface area contributed by atoms with E-state index in [0.717, 1.165) is 0 Å². The number of carbonyl (C=O) groups is 1. The van der Waals surface area contributed by atoms with Crippen molar-refractivity contribution in [3.63, 3.8) is 0 Å². The first-order valence-electron chi connectivity index (χ1n) is 7.53. The van der Waals surface area contributed by atoms with Gasteiger partial charge in [0.05, 0.1) is 17.6 Å². The van der Waals surface area contributed by atoms with Crippen LogP contribution >= 0.6 is 0 Å². The molecule has 4 rings (SSSR count). The summed E-state index contributed by atoms with van der Waals surface area (Å²) in [7, 11) is 0. The standard InChI is InChI=1S/C17H14FNO5/c18-12-1-2-13-16(24-8-23-13)14(12)9-5-10(7-19-6-9)15-11(17(20)21)3-4-22-15/h1-2,5-7,11,15H,3-4,8H2,(H,20,21)/t11-,15+/m1/s1. The second-order valence-electron chi connectivity index (χ2n) is 5.69. The van der Waals surface area contributed by atoms with Crippen LogP contribution in [0.1, 0.15) is 18.1 Å². The molecule has 1 saturated heterocycles. The average molecular weight is 331 g/mol. The molecular weight excluding hydrogens is 317 g/mol. The van der Waals surface area contributed by atoms with Crippen molar-refractivity contribution in [3.8, 4) is 22.6 Å². The lowest BCUT2D eigenvalue weighted by atomic mass is 9.94. The molecule has 24 heavy (non-hydrogen) atoms. The largest absolute Gasteiger partial charge is 0.481 e. The molecule has 0 spiro atoms. The van der Waals surface area contributed by atoms with Gasteiger partial charge in [-0.15, -0.1) is 0 Å². The first kappa shape index (κ1) is 14.9. The summed E-state index contributed by atoms with van der Waals surface area (Å²) in [6, 6.07) is 4.51. The Hall–Kier alpha value is -2.67. The predicted octanol–water partition coefficient (Wildman–Crippen LogP) is 2.78. The average Bonchev–Trinajstić information content (AvgIpc) is 3.24. The van der Waals surface area contributed by atoms with Gasteiger partial charge in [-0.1, -0.05) is 0 Å². The van der Waals surface area contributed by atoms with Crippen LogP contribution in [0.5, 0.6) is 11.5 Å². The smallest absolute Gasteiger partial charge is 0.309 e. The quantitative estimate of drug-likeness (QED) is 0.932. The molecule has 0 bridgehead atoms. The Morgan fingerprint density at radius 3 is 3.00 bits per heavy atom. The van der Waals surface area contributed by atoms with Gasteiger partial charge in [0.2, 0.25) is 6.79 Å². The number of carboxylic acid groups (broad SMARTS) is 1. The number of hydrogen-bond donors (Lipinski definition) is 1. The van der Waals surface area contributed by atoms with E-state index in [1.807, 2.05) is 0 Å². The van der Waals surface area contributed by atoms with E-state index in [1.54, 1.807) is 12.3 Å². The van der Waals surface area contributed by atoms with Crippen molar-refractivity contribution in [1.82, 2.24) is 4.98 Å². The summed E-state index contributed by atoms with van der Waals surface area (Å²) in [6.45, 7) is 0.406.